The zero-order valence-corrected chi connectivity index (χ0v) is 14.8. The van der Waals surface area contributed by atoms with Crippen LogP contribution in [-0.4, -0.2) is 38.0 Å². The Morgan fingerprint density at radius 3 is 2.27 bits per heavy atom. The van der Waals surface area contributed by atoms with Gasteiger partial charge in [0.2, 0.25) is 14.2 Å². The fourth-order valence-corrected chi connectivity index (χ4v) is 4.09. The zero-order valence-electron chi connectivity index (χ0n) is 13.2. The number of rotatable bonds is 2. The van der Waals surface area contributed by atoms with Gasteiger partial charge in [-0.2, -0.15) is 0 Å². The van der Waals surface area contributed by atoms with E-state index in [0.717, 1.165) is 10.2 Å². The van der Waals surface area contributed by atoms with E-state index < -0.39 is 28.2 Å². The molecule has 0 unspecified atom stereocenters. The molecule has 2 aromatic rings. The molecule has 0 spiro atoms. The highest BCUT2D eigenvalue weighted by Gasteiger charge is 2.51. The molecule has 0 aliphatic carbocycles. The van der Waals surface area contributed by atoms with Gasteiger partial charge in [-0.25, -0.2) is 13.4 Å². The summed E-state index contributed by atoms with van der Waals surface area (Å²) >= 11 is 1.17. The standard InChI is InChI=1S/C14H18BNO4S2/c1-13(2)14(3,4)20-15(19-13)9-6-7-10-11(8-9)21-12(16-10)22(5,17)18/h6-8H,1-5H3. The van der Waals surface area contributed by atoms with Gasteiger partial charge in [0.15, 0.2) is 0 Å². The van der Waals surface area contributed by atoms with Crippen LogP contribution in [0.25, 0.3) is 10.2 Å². The van der Waals surface area contributed by atoms with Crippen LogP contribution in [0.3, 0.4) is 0 Å². The second-order valence-corrected chi connectivity index (χ2v) is 9.79. The van der Waals surface area contributed by atoms with Crippen LogP contribution in [-0.2, 0) is 19.1 Å². The van der Waals surface area contributed by atoms with Crippen LogP contribution in [0.5, 0.6) is 0 Å². The van der Waals surface area contributed by atoms with Crippen LogP contribution in [0.1, 0.15) is 27.7 Å². The van der Waals surface area contributed by atoms with Crippen molar-refractivity contribution in [2.75, 3.05) is 6.26 Å². The largest absolute Gasteiger partial charge is 0.494 e. The molecule has 0 N–H and O–H groups in total. The summed E-state index contributed by atoms with van der Waals surface area (Å²) in [5, 5.41) is 0. The molecule has 22 heavy (non-hydrogen) atoms. The van der Waals surface area contributed by atoms with Gasteiger partial charge in [0.05, 0.1) is 21.4 Å². The van der Waals surface area contributed by atoms with Crippen molar-refractivity contribution in [3.63, 3.8) is 0 Å². The zero-order chi connectivity index (χ0) is 16.3. The molecular weight excluding hydrogens is 321 g/mol. The molecule has 0 bridgehead atoms. The maximum absolute atomic E-state index is 11.6. The number of fused-ring (bicyclic) bond motifs is 1. The first-order valence-electron chi connectivity index (χ1n) is 6.96. The van der Waals surface area contributed by atoms with Gasteiger partial charge in [0, 0.05) is 6.26 Å². The minimum absolute atomic E-state index is 0.133. The van der Waals surface area contributed by atoms with Gasteiger partial charge in [-0.05, 0) is 45.3 Å². The summed E-state index contributed by atoms with van der Waals surface area (Å²) in [5.41, 5.74) is 0.733. The minimum Gasteiger partial charge on any atom is -0.399 e. The number of thiazole rings is 1. The van der Waals surface area contributed by atoms with E-state index in [9.17, 15) is 8.42 Å². The molecule has 0 amide bonds. The van der Waals surface area contributed by atoms with Gasteiger partial charge in [0.25, 0.3) is 0 Å². The van der Waals surface area contributed by atoms with E-state index in [0.29, 0.717) is 5.52 Å². The number of sulfone groups is 1. The van der Waals surface area contributed by atoms with Crippen LogP contribution >= 0.6 is 11.3 Å². The Balaban J connectivity index is 2.00. The normalized spacial score (nSPS) is 20.7. The SMILES string of the molecule is CC1(C)OB(c2ccc3nc(S(C)(=O)=O)sc3c2)OC1(C)C. The Labute approximate surface area is 134 Å². The second-order valence-electron chi connectivity index (χ2n) is 6.57. The van der Waals surface area contributed by atoms with Gasteiger partial charge in [-0.1, -0.05) is 6.07 Å². The van der Waals surface area contributed by atoms with E-state index in [-0.39, 0.29) is 4.34 Å². The molecule has 1 aliphatic heterocycles. The number of hydrogen-bond acceptors (Lipinski definition) is 6. The van der Waals surface area contributed by atoms with Crippen molar-refractivity contribution in [2.24, 2.45) is 0 Å². The first-order chi connectivity index (χ1) is 9.99. The Morgan fingerprint density at radius 1 is 1.14 bits per heavy atom. The Bertz CT molecular complexity index is 826. The van der Waals surface area contributed by atoms with Crippen LogP contribution in [0.2, 0.25) is 0 Å². The molecule has 1 aromatic carbocycles. The average Bonchev–Trinajstić information content (AvgIpc) is 2.87. The maximum atomic E-state index is 11.6. The fraction of sp³-hybridized carbons (Fsp3) is 0.500. The van der Waals surface area contributed by atoms with E-state index >= 15 is 0 Å². The summed E-state index contributed by atoms with van der Waals surface area (Å²) in [6, 6.07) is 5.57. The molecular formula is C14H18BNO4S2. The third kappa shape index (κ3) is 2.58. The predicted molar refractivity (Wildman–Crippen MR) is 88.4 cm³/mol. The molecule has 118 valence electrons. The predicted octanol–water partition coefficient (Wildman–Crippen LogP) is 2.00. The van der Waals surface area contributed by atoms with E-state index in [1.54, 1.807) is 6.07 Å². The van der Waals surface area contributed by atoms with Crippen molar-refractivity contribution in [1.82, 2.24) is 4.98 Å². The highest BCUT2D eigenvalue weighted by molar-refractivity contribution is 7.92. The van der Waals surface area contributed by atoms with Crippen molar-refractivity contribution >= 4 is 44.0 Å². The van der Waals surface area contributed by atoms with E-state index in [4.69, 9.17) is 9.31 Å². The molecule has 5 nitrogen and oxygen atoms in total. The Morgan fingerprint density at radius 2 is 1.73 bits per heavy atom. The summed E-state index contributed by atoms with van der Waals surface area (Å²) in [5.74, 6) is 0. The highest BCUT2D eigenvalue weighted by atomic mass is 32.2. The van der Waals surface area contributed by atoms with E-state index in [2.05, 4.69) is 4.98 Å². The summed E-state index contributed by atoms with van der Waals surface area (Å²) < 4.78 is 36.2. The lowest BCUT2D eigenvalue weighted by Crippen LogP contribution is -2.41. The molecule has 0 radical (unpaired) electrons. The van der Waals surface area contributed by atoms with Crippen molar-refractivity contribution in [3.05, 3.63) is 18.2 Å². The Hall–Kier alpha value is -0.955. The summed E-state index contributed by atoms with van der Waals surface area (Å²) in [7, 11) is -3.75. The van der Waals surface area contributed by atoms with Crippen molar-refractivity contribution in [2.45, 2.75) is 43.2 Å². The van der Waals surface area contributed by atoms with E-state index in [1.165, 1.54) is 17.6 Å². The molecule has 1 aromatic heterocycles. The van der Waals surface area contributed by atoms with Gasteiger partial charge in [-0.15, -0.1) is 11.3 Å². The van der Waals surface area contributed by atoms with Crippen molar-refractivity contribution in [1.29, 1.82) is 0 Å². The second kappa shape index (κ2) is 4.77. The molecule has 0 saturated carbocycles. The van der Waals surface area contributed by atoms with Crippen molar-refractivity contribution < 1.29 is 17.7 Å². The van der Waals surface area contributed by atoms with Gasteiger partial charge < -0.3 is 9.31 Å². The van der Waals surface area contributed by atoms with E-state index in [1.807, 2.05) is 39.8 Å². The lowest BCUT2D eigenvalue weighted by Gasteiger charge is -2.32. The molecule has 2 heterocycles. The smallest absolute Gasteiger partial charge is 0.399 e. The number of aromatic nitrogens is 1. The lowest BCUT2D eigenvalue weighted by molar-refractivity contribution is 0.00578. The topological polar surface area (TPSA) is 65.5 Å². The molecule has 0 atom stereocenters. The summed E-state index contributed by atoms with van der Waals surface area (Å²) in [4.78, 5) is 4.16. The first kappa shape index (κ1) is 15.9. The molecule has 1 fully saturated rings. The minimum atomic E-state index is -3.29. The number of nitrogens with zero attached hydrogens (tertiary/aromatic N) is 1. The summed E-state index contributed by atoms with van der Waals surface area (Å²) in [6.45, 7) is 8.00. The average molecular weight is 339 g/mol. The third-order valence-corrected chi connectivity index (χ3v) is 6.93. The molecule has 1 saturated heterocycles. The highest BCUT2D eigenvalue weighted by Crippen LogP contribution is 2.36. The quantitative estimate of drug-likeness (QED) is 0.783. The number of benzene rings is 1. The van der Waals surface area contributed by atoms with Crippen molar-refractivity contribution in [3.8, 4) is 0 Å². The summed E-state index contributed by atoms with van der Waals surface area (Å²) in [6.07, 6.45) is 1.17. The van der Waals surface area contributed by atoms with Gasteiger partial charge >= 0.3 is 7.12 Å². The monoisotopic (exact) mass is 339 g/mol. The lowest BCUT2D eigenvalue weighted by atomic mass is 9.79. The van der Waals surface area contributed by atoms with Crippen LogP contribution < -0.4 is 5.46 Å². The fourth-order valence-electron chi connectivity index (χ4n) is 2.20. The van der Waals surface area contributed by atoms with Crippen LogP contribution in [0.4, 0.5) is 0 Å². The Kier molecular flexibility index (Phi) is 3.45. The van der Waals surface area contributed by atoms with Crippen LogP contribution in [0, 0.1) is 0 Å². The maximum Gasteiger partial charge on any atom is 0.494 e. The number of hydrogen-bond donors (Lipinski definition) is 0. The third-order valence-electron chi connectivity index (χ3n) is 4.24. The first-order valence-corrected chi connectivity index (χ1v) is 9.67. The molecule has 3 rings (SSSR count). The molecule has 8 heteroatoms. The van der Waals surface area contributed by atoms with Gasteiger partial charge in [-0.3, -0.25) is 0 Å². The van der Waals surface area contributed by atoms with Gasteiger partial charge in [0.1, 0.15) is 0 Å². The van der Waals surface area contributed by atoms with Crippen LogP contribution in [0.15, 0.2) is 22.5 Å². The molecule has 1 aliphatic rings.